The van der Waals surface area contributed by atoms with Gasteiger partial charge in [0.1, 0.15) is 0 Å². The molecule has 0 aromatic carbocycles. The van der Waals surface area contributed by atoms with Gasteiger partial charge in [-0.3, -0.25) is 0 Å². The molecule has 2 unspecified atom stereocenters. The summed E-state index contributed by atoms with van der Waals surface area (Å²) in [6.45, 7) is 4.76. The van der Waals surface area contributed by atoms with Crippen molar-refractivity contribution in [2.75, 3.05) is 20.1 Å². The Kier molecular flexibility index (Phi) is 5.30. The van der Waals surface area contributed by atoms with Crippen LogP contribution in [-0.4, -0.2) is 37.1 Å². The van der Waals surface area contributed by atoms with E-state index in [1.807, 2.05) is 0 Å². The van der Waals surface area contributed by atoms with Crippen LogP contribution in [0.15, 0.2) is 0 Å². The lowest BCUT2D eigenvalue weighted by molar-refractivity contribution is 0.242. The second kappa shape index (κ2) is 6.75. The van der Waals surface area contributed by atoms with E-state index in [0.717, 1.165) is 18.0 Å². The van der Waals surface area contributed by atoms with E-state index in [4.69, 9.17) is 0 Å². The number of nitrogens with zero attached hydrogens (tertiary/aromatic N) is 1. The minimum Gasteiger partial charge on any atom is -0.313 e. The molecule has 0 aromatic heterocycles. The summed E-state index contributed by atoms with van der Waals surface area (Å²) in [6, 6.07) is 1.70. The first-order valence-corrected chi connectivity index (χ1v) is 7.73. The molecule has 0 heterocycles. The van der Waals surface area contributed by atoms with Crippen LogP contribution in [0.25, 0.3) is 0 Å². The summed E-state index contributed by atoms with van der Waals surface area (Å²) in [4.78, 5) is 2.58. The van der Waals surface area contributed by atoms with E-state index in [1.54, 1.807) is 0 Å². The van der Waals surface area contributed by atoms with Gasteiger partial charge in [-0.1, -0.05) is 26.2 Å². The third-order valence-electron chi connectivity index (χ3n) is 4.96. The number of likely N-dealkylation sites (N-methyl/N-ethyl adjacent to an activating group) is 1. The summed E-state index contributed by atoms with van der Waals surface area (Å²) in [5, 5.41) is 3.76. The van der Waals surface area contributed by atoms with Gasteiger partial charge in [-0.05, 0) is 45.1 Å². The molecule has 2 fully saturated rings. The Bertz CT molecular complexity index is 211. The van der Waals surface area contributed by atoms with E-state index < -0.39 is 0 Å². The van der Waals surface area contributed by atoms with Crippen LogP contribution in [0.5, 0.6) is 0 Å². The summed E-state index contributed by atoms with van der Waals surface area (Å²) in [6.07, 6.45) is 11.4. The van der Waals surface area contributed by atoms with E-state index in [2.05, 4.69) is 24.2 Å². The molecule has 2 saturated carbocycles. The average Bonchev–Trinajstić information content (AvgIpc) is 3.00. The quantitative estimate of drug-likeness (QED) is 0.765. The van der Waals surface area contributed by atoms with Gasteiger partial charge in [0.25, 0.3) is 0 Å². The molecule has 2 nitrogen and oxygen atoms in total. The van der Waals surface area contributed by atoms with Crippen molar-refractivity contribution in [1.29, 1.82) is 0 Å². The lowest BCUT2D eigenvalue weighted by Crippen LogP contribution is -2.38. The number of rotatable bonds is 6. The van der Waals surface area contributed by atoms with Gasteiger partial charge >= 0.3 is 0 Å². The van der Waals surface area contributed by atoms with Crippen molar-refractivity contribution in [1.82, 2.24) is 10.2 Å². The highest BCUT2D eigenvalue weighted by atomic mass is 15.1. The Hall–Kier alpha value is -0.0800. The molecule has 2 aliphatic rings. The zero-order valence-corrected chi connectivity index (χ0v) is 11.8. The summed E-state index contributed by atoms with van der Waals surface area (Å²) in [5.41, 5.74) is 0. The van der Waals surface area contributed by atoms with Crippen LogP contribution in [0.2, 0.25) is 0 Å². The van der Waals surface area contributed by atoms with Crippen molar-refractivity contribution in [3.63, 3.8) is 0 Å². The molecule has 17 heavy (non-hydrogen) atoms. The van der Waals surface area contributed by atoms with Gasteiger partial charge in [-0.15, -0.1) is 0 Å². The fourth-order valence-electron chi connectivity index (χ4n) is 3.60. The number of nitrogens with one attached hydrogen (secondary N) is 1. The van der Waals surface area contributed by atoms with Gasteiger partial charge in [-0.25, -0.2) is 0 Å². The Morgan fingerprint density at radius 3 is 2.53 bits per heavy atom. The Labute approximate surface area is 107 Å². The molecule has 2 heteroatoms. The molecule has 0 amide bonds. The molecule has 100 valence electrons. The molecular formula is C15H30N2. The topological polar surface area (TPSA) is 15.3 Å². The SMILES string of the molecule is CCC1CCC(NCCN(C)C2CCCC2)C1. The zero-order valence-electron chi connectivity index (χ0n) is 11.8. The monoisotopic (exact) mass is 238 g/mol. The van der Waals surface area contributed by atoms with Crippen LogP contribution in [-0.2, 0) is 0 Å². The first-order valence-electron chi connectivity index (χ1n) is 7.73. The van der Waals surface area contributed by atoms with Crippen LogP contribution in [0.4, 0.5) is 0 Å². The summed E-state index contributed by atoms with van der Waals surface area (Å²) in [7, 11) is 2.31. The molecule has 2 rings (SSSR count). The second-order valence-corrected chi connectivity index (χ2v) is 6.16. The molecule has 0 aliphatic heterocycles. The van der Waals surface area contributed by atoms with Gasteiger partial charge in [-0.2, -0.15) is 0 Å². The highest BCUT2D eigenvalue weighted by Crippen LogP contribution is 2.27. The highest BCUT2D eigenvalue weighted by molar-refractivity contribution is 4.81. The second-order valence-electron chi connectivity index (χ2n) is 6.16. The van der Waals surface area contributed by atoms with Gasteiger partial charge in [0.15, 0.2) is 0 Å². The smallest absolute Gasteiger partial charge is 0.0107 e. The van der Waals surface area contributed by atoms with E-state index in [0.29, 0.717) is 0 Å². The van der Waals surface area contributed by atoms with E-state index in [9.17, 15) is 0 Å². The summed E-state index contributed by atoms with van der Waals surface area (Å²) < 4.78 is 0. The molecule has 0 saturated heterocycles. The van der Waals surface area contributed by atoms with Crippen LogP contribution >= 0.6 is 0 Å². The number of hydrogen-bond donors (Lipinski definition) is 1. The maximum atomic E-state index is 3.76. The molecule has 0 radical (unpaired) electrons. The lowest BCUT2D eigenvalue weighted by atomic mass is 10.1. The van der Waals surface area contributed by atoms with Crippen molar-refractivity contribution in [3.05, 3.63) is 0 Å². The first kappa shape index (κ1) is 13.4. The van der Waals surface area contributed by atoms with E-state index in [-0.39, 0.29) is 0 Å². The van der Waals surface area contributed by atoms with Crippen molar-refractivity contribution in [2.45, 2.75) is 70.4 Å². The third kappa shape index (κ3) is 3.96. The highest BCUT2D eigenvalue weighted by Gasteiger charge is 2.23. The average molecular weight is 238 g/mol. The van der Waals surface area contributed by atoms with Crippen LogP contribution < -0.4 is 5.32 Å². The third-order valence-corrected chi connectivity index (χ3v) is 4.96. The lowest BCUT2D eigenvalue weighted by Gasteiger charge is -2.25. The van der Waals surface area contributed by atoms with Crippen molar-refractivity contribution < 1.29 is 0 Å². The van der Waals surface area contributed by atoms with Crippen molar-refractivity contribution >= 4 is 0 Å². The van der Waals surface area contributed by atoms with Crippen LogP contribution in [0.3, 0.4) is 0 Å². The summed E-state index contributed by atoms with van der Waals surface area (Å²) >= 11 is 0. The Morgan fingerprint density at radius 1 is 1.12 bits per heavy atom. The largest absolute Gasteiger partial charge is 0.313 e. The maximum absolute atomic E-state index is 3.76. The minimum absolute atomic E-state index is 0.817. The maximum Gasteiger partial charge on any atom is 0.0107 e. The van der Waals surface area contributed by atoms with Gasteiger partial charge in [0, 0.05) is 25.2 Å². The molecular weight excluding hydrogens is 208 g/mol. The first-order chi connectivity index (χ1) is 8.29. The van der Waals surface area contributed by atoms with Gasteiger partial charge < -0.3 is 10.2 Å². The van der Waals surface area contributed by atoms with E-state index in [1.165, 1.54) is 64.5 Å². The van der Waals surface area contributed by atoms with Crippen molar-refractivity contribution in [3.8, 4) is 0 Å². The molecule has 0 bridgehead atoms. The molecule has 2 aliphatic carbocycles. The Balaban J connectivity index is 1.56. The van der Waals surface area contributed by atoms with Crippen LogP contribution in [0.1, 0.15) is 58.3 Å². The van der Waals surface area contributed by atoms with E-state index >= 15 is 0 Å². The van der Waals surface area contributed by atoms with Gasteiger partial charge in [0.2, 0.25) is 0 Å². The normalized spacial score (nSPS) is 30.5. The fourth-order valence-corrected chi connectivity index (χ4v) is 3.60. The fraction of sp³-hybridized carbons (Fsp3) is 1.00. The molecule has 0 aromatic rings. The predicted octanol–water partition coefficient (Wildman–Crippen LogP) is 3.03. The predicted molar refractivity (Wildman–Crippen MR) is 74.3 cm³/mol. The molecule has 1 N–H and O–H groups in total. The molecule has 2 atom stereocenters. The zero-order chi connectivity index (χ0) is 12.1. The number of hydrogen-bond acceptors (Lipinski definition) is 2. The van der Waals surface area contributed by atoms with Gasteiger partial charge in [0.05, 0.1) is 0 Å². The standard InChI is InChI=1S/C15H30N2/c1-3-13-8-9-14(12-13)16-10-11-17(2)15-6-4-5-7-15/h13-16H,3-12H2,1-2H3. The minimum atomic E-state index is 0.817. The van der Waals surface area contributed by atoms with Crippen LogP contribution in [0, 0.1) is 5.92 Å². The Morgan fingerprint density at radius 2 is 1.88 bits per heavy atom. The van der Waals surface area contributed by atoms with Crippen molar-refractivity contribution in [2.24, 2.45) is 5.92 Å². The summed E-state index contributed by atoms with van der Waals surface area (Å²) in [5.74, 6) is 1.00. The molecule has 0 spiro atoms.